The first-order valence-corrected chi connectivity index (χ1v) is 6.50. The second kappa shape index (κ2) is 6.60. The number of nitrogens with zero attached hydrogens (tertiary/aromatic N) is 3. The Morgan fingerprint density at radius 2 is 2.20 bits per heavy atom. The van der Waals surface area contributed by atoms with Gasteiger partial charge in [0.2, 0.25) is 0 Å². The minimum absolute atomic E-state index is 0.192. The fourth-order valence-electron chi connectivity index (χ4n) is 1.83. The molecule has 0 aliphatic heterocycles. The van der Waals surface area contributed by atoms with Gasteiger partial charge in [0, 0.05) is 17.5 Å². The predicted octanol–water partition coefficient (Wildman–Crippen LogP) is 1.34. The van der Waals surface area contributed by atoms with Crippen molar-refractivity contribution in [3.63, 3.8) is 0 Å². The highest BCUT2D eigenvalue weighted by Gasteiger charge is 2.09. The van der Waals surface area contributed by atoms with E-state index in [1.165, 1.54) is 0 Å². The first-order valence-electron chi connectivity index (χ1n) is 6.50. The van der Waals surface area contributed by atoms with Gasteiger partial charge in [-0.25, -0.2) is 4.98 Å². The van der Waals surface area contributed by atoms with E-state index in [4.69, 9.17) is 5.73 Å². The zero-order valence-corrected chi connectivity index (χ0v) is 11.3. The Balaban J connectivity index is 2.05. The lowest BCUT2D eigenvalue weighted by Gasteiger charge is -2.07. The summed E-state index contributed by atoms with van der Waals surface area (Å²) in [6.07, 6.45) is 3.35. The molecule has 2 rings (SSSR count). The quantitative estimate of drug-likeness (QED) is 0.855. The van der Waals surface area contributed by atoms with Gasteiger partial charge in [0.15, 0.2) is 0 Å². The molecule has 2 heterocycles. The number of nitrogens with two attached hydrogens (primary N) is 1. The third kappa shape index (κ3) is 3.74. The molecule has 0 aliphatic rings. The Kier molecular flexibility index (Phi) is 4.60. The number of aromatic nitrogens is 3. The largest absolute Gasteiger partial charge is 0.384 e. The highest BCUT2D eigenvalue weighted by molar-refractivity contribution is 5.94. The first kappa shape index (κ1) is 13.9. The van der Waals surface area contributed by atoms with Crippen molar-refractivity contribution in [2.75, 3.05) is 5.73 Å². The van der Waals surface area contributed by atoms with Crippen molar-refractivity contribution in [3.8, 4) is 0 Å². The molecule has 3 N–H and O–H groups in total. The van der Waals surface area contributed by atoms with Gasteiger partial charge in [0.05, 0.1) is 12.2 Å². The summed E-state index contributed by atoms with van der Waals surface area (Å²) in [6.45, 7) is 2.39. The highest BCUT2D eigenvalue weighted by Crippen LogP contribution is 2.09. The van der Waals surface area contributed by atoms with Crippen molar-refractivity contribution in [2.45, 2.75) is 26.3 Å². The van der Waals surface area contributed by atoms with Crippen LogP contribution in [0.2, 0.25) is 0 Å². The minimum Gasteiger partial charge on any atom is -0.384 e. The lowest BCUT2D eigenvalue weighted by atomic mass is 10.1. The van der Waals surface area contributed by atoms with Crippen LogP contribution in [0.3, 0.4) is 0 Å². The van der Waals surface area contributed by atoms with E-state index >= 15 is 0 Å². The molecule has 20 heavy (non-hydrogen) atoms. The summed E-state index contributed by atoms with van der Waals surface area (Å²) >= 11 is 0. The van der Waals surface area contributed by atoms with Crippen LogP contribution in [0, 0.1) is 0 Å². The second-order valence-corrected chi connectivity index (χ2v) is 4.42. The lowest BCUT2D eigenvalue weighted by molar-refractivity contribution is 0.0950. The third-order valence-electron chi connectivity index (χ3n) is 2.72. The lowest BCUT2D eigenvalue weighted by Crippen LogP contribution is -2.24. The summed E-state index contributed by atoms with van der Waals surface area (Å²) in [5, 5.41) is 10.5. The minimum atomic E-state index is -0.192. The molecule has 0 bridgehead atoms. The number of carbonyl (C=O) groups is 1. The second-order valence-electron chi connectivity index (χ2n) is 4.42. The van der Waals surface area contributed by atoms with Crippen LogP contribution >= 0.6 is 0 Å². The van der Waals surface area contributed by atoms with E-state index in [1.807, 2.05) is 0 Å². The monoisotopic (exact) mass is 271 g/mol. The van der Waals surface area contributed by atoms with Crippen LogP contribution in [0.4, 0.5) is 5.82 Å². The maximum absolute atomic E-state index is 12.1. The molecule has 0 fully saturated rings. The Bertz CT molecular complexity index is 585. The maximum atomic E-state index is 12.1. The van der Waals surface area contributed by atoms with E-state index in [1.54, 1.807) is 30.5 Å². The summed E-state index contributed by atoms with van der Waals surface area (Å²) in [4.78, 5) is 16.3. The van der Waals surface area contributed by atoms with Gasteiger partial charge in [-0.2, -0.15) is 10.2 Å². The average Bonchev–Trinajstić information content (AvgIpc) is 2.45. The molecule has 0 atom stereocenters. The summed E-state index contributed by atoms with van der Waals surface area (Å²) in [5.41, 5.74) is 7.78. The molecule has 0 aromatic carbocycles. The van der Waals surface area contributed by atoms with Crippen LogP contribution in [0.1, 0.15) is 35.1 Å². The van der Waals surface area contributed by atoms with Crippen molar-refractivity contribution < 1.29 is 4.79 Å². The summed E-state index contributed by atoms with van der Waals surface area (Å²) < 4.78 is 0. The van der Waals surface area contributed by atoms with Crippen LogP contribution in [0.5, 0.6) is 0 Å². The fraction of sp³-hybridized carbons (Fsp3) is 0.286. The van der Waals surface area contributed by atoms with Gasteiger partial charge < -0.3 is 11.1 Å². The standard InChI is InChI=1S/C14H17N5O/c1-2-4-11-7-10(8-13(15)18-11)14(20)16-9-12-5-3-6-17-19-12/h3,5-8H,2,4,9H2,1H3,(H2,15,18)(H,16,20). The zero-order valence-electron chi connectivity index (χ0n) is 11.3. The Labute approximate surface area is 117 Å². The Morgan fingerprint density at radius 3 is 2.90 bits per heavy atom. The van der Waals surface area contributed by atoms with Crippen molar-refractivity contribution in [3.05, 3.63) is 47.4 Å². The smallest absolute Gasteiger partial charge is 0.251 e. The zero-order chi connectivity index (χ0) is 14.4. The van der Waals surface area contributed by atoms with Gasteiger partial charge >= 0.3 is 0 Å². The van der Waals surface area contributed by atoms with Crippen molar-refractivity contribution in [1.82, 2.24) is 20.5 Å². The molecule has 2 aromatic heterocycles. The normalized spacial score (nSPS) is 10.2. The number of pyridine rings is 1. The van der Waals surface area contributed by atoms with Gasteiger partial charge in [0.1, 0.15) is 5.82 Å². The van der Waals surface area contributed by atoms with E-state index < -0.39 is 0 Å². The van der Waals surface area contributed by atoms with Crippen LogP contribution in [-0.4, -0.2) is 21.1 Å². The SMILES string of the molecule is CCCc1cc(C(=O)NCc2cccnn2)cc(N)n1. The van der Waals surface area contributed by atoms with E-state index in [0.717, 1.165) is 18.5 Å². The molecule has 0 unspecified atom stereocenters. The first-order chi connectivity index (χ1) is 9.69. The molecule has 6 heteroatoms. The predicted molar refractivity (Wildman–Crippen MR) is 75.8 cm³/mol. The Morgan fingerprint density at radius 1 is 1.35 bits per heavy atom. The van der Waals surface area contributed by atoms with E-state index in [0.29, 0.717) is 23.6 Å². The van der Waals surface area contributed by atoms with E-state index in [2.05, 4.69) is 27.4 Å². The molecule has 0 saturated carbocycles. The number of amides is 1. The van der Waals surface area contributed by atoms with Gasteiger partial charge in [-0.15, -0.1) is 0 Å². The third-order valence-corrected chi connectivity index (χ3v) is 2.72. The molecular formula is C14H17N5O. The molecule has 0 spiro atoms. The summed E-state index contributed by atoms with van der Waals surface area (Å²) in [7, 11) is 0. The molecule has 1 amide bonds. The van der Waals surface area contributed by atoms with Crippen molar-refractivity contribution >= 4 is 11.7 Å². The van der Waals surface area contributed by atoms with E-state index in [9.17, 15) is 4.79 Å². The average molecular weight is 271 g/mol. The molecule has 0 radical (unpaired) electrons. The summed E-state index contributed by atoms with van der Waals surface area (Å²) in [5.74, 6) is 0.169. The van der Waals surface area contributed by atoms with Gasteiger partial charge in [0.25, 0.3) is 5.91 Å². The highest BCUT2D eigenvalue weighted by atomic mass is 16.1. The van der Waals surface area contributed by atoms with Gasteiger partial charge in [-0.3, -0.25) is 4.79 Å². The molecule has 104 valence electrons. The molecule has 0 aliphatic carbocycles. The summed E-state index contributed by atoms with van der Waals surface area (Å²) in [6, 6.07) is 6.92. The number of carbonyl (C=O) groups excluding carboxylic acids is 1. The van der Waals surface area contributed by atoms with E-state index in [-0.39, 0.29) is 5.91 Å². The number of hydrogen-bond donors (Lipinski definition) is 2. The van der Waals surface area contributed by atoms with Crippen LogP contribution in [0.25, 0.3) is 0 Å². The number of aryl methyl sites for hydroxylation is 1. The number of nitrogen functional groups attached to an aromatic ring is 1. The molecule has 0 saturated heterocycles. The molecule has 6 nitrogen and oxygen atoms in total. The van der Waals surface area contributed by atoms with Crippen LogP contribution in [0.15, 0.2) is 30.5 Å². The van der Waals surface area contributed by atoms with Gasteiger partial charge in [-0.05, 0) is 30.7 Å². The number of rotatable bonds is 5. The number of hydrogen-bond acceptors (Lipinski definition) is 5. The maximum Gasteiger partial charge on any atom is 0.251 e. The topological polar surface area (TPSA) is 93.8 Å². The Hall–Kier alpha value is -2.50. The van der Waals surface area contributed by atoms with Crippen LogP contribution in [-0.2, 0) is 13.0 Å². The van der Waals surface area contributed by atoms with Crippen molar-refractivity contribution in [1.29, 1.82) is 0 Å². The molecule has 2 aromatic rings. The van der Waals surface area contributed by atoms with Gasteiger partial charge in [-0.1, -0.05) is 13.3 Å². The fourth-order valence-corrected chi connectivity index (χ4v) is 1.83. The van der Waals surface area contributed by atoms with Crippen LogP contribution < -0.4 is 11.1 Å². The number of anilines is 1. The van der Waals surface area contributed by atoms with Crippen molar-refractivity contribution in [2.24, 2.45) is 0 Å². The molecular weight excluding hydrogens is 254 g/mol. The number of nitrogens with one attached hydrogen (secondary N) is 1.